The van der Waals surface area contributed by atoms with Gasteiger partial charge >= 0.3 is 0 Å². The third kappa shape index (κ3) is 3.58. The topological polar surface area (TPSA) is 49.9 Å². The maximum absolute atomic E-state index is 5.60. The number of nitrogens with zero attached hydrogens (tertiary/aromatic N) is 1. The number of aromatic amines is 1. The summed E-state index contributed by atoms with van der Waals surface area (Å²) >= 11 is 0. The normalized spacial score (nSPS) is 12.3. The molecule has 0 aliphatic heterocycles. The number of rotatable bonds is 7. The van der Waals surface area contributed by atoms with Crippen molar-refractivity contribution in [2.75, 3.05) is 13.2 Å². The molecule has 1 heterocycles. The van der Waals surface area contributed by atoms with E-state index < -0.39 is 0 Å². The van der Waals surface area contributed by atoms with E-state index >= 15 is 0 Å². The van der Waals surface area contributed by atoms with Gasteiger partial charge in [0.25, 0.3) is 0 Å². The van der Waals surface area contributed by atoms with Crippen molar-refractivity contribution in [2.45, 2.75) is 26.3 Å². The van der Waals surface area contributed by atoms with Crippen LogP contribution in [-0.2, 0) is 0 Å². The summed E-state index contributed by atoms with van der Waals surface area (Å²) in [6, 6.07) is 8.29. The second-order valence-electron chi connectivity index (χ2n) is 4.38. The van der Waals surface area contributed by atoms with Crippen molar-refractivity contribution >= 4 is 0 Å². The highest BCUT2D eigenvalue weighted by molar-refractivity contribution is 5.31. The largest absolute Gasteiger partial charge is 0.494 e. The minimum Gasteiger partial charge on any atom is -0.494 e. The molecular weight excluding hydrogens is 238 g/mol. The first-order chi connectivity index (χ1) is 9.35. The Labute approximate surface area is 114 Å². The highest BCUT2D eigenvalue weighted by atomic mass is 16.5. The summed E-state index contributed by atoms with van der Waals surface area (Å²) in [6.45, 7) is 5.84. The van der Waals surface area contributed by atoms with Crippen molar-refractivity contribution in [1.29, 1.82) is 0 Å². The van der Waals surface area contributed by atoms with Crippen LogP contribution in [-0.4, -0.2) is 23.1 Å². The number of nitrogens with one attached hydrogen (secondary N) is 2. The van der Waals surface area contributed by atoms with Crippen molar-refractivity contribution < 1.29 is 4.74 Å². The molecule has 0 aliphatic carbocycles. The third-order valence-electron chi connectivity index (χ3n) is 2.89. The van der Waals surface area contributed by atoms with E-state index in [0.717, 1.165) is 31.1 Å². The molecule has 1 aromatic carbocycles. The van der Waals surface area contributed by atoms with Gasteiger partial charge in [0.05, 0.1) is 12.6 Å². The monoisotopic (exact) mass is 259 g/mol. The van der Waals surface area contributed by atoms with Crippen molar-refractivity contribution in [1.82, 2.24) is 15.3 Å². The number of imidazole rings is 1. The van der Waals surface area contributed by atoms with Crippen LogP contribution in [0.2, 0.25) is 0 Å². The molecule has 1 aromatic heterocycles. The summed E-state index contributed by atoms with van der Waals surface area (Å²) in [5, 5.41) is 3.43. The van der Waals surface area contributed by atoms with Crippen LogP contribution in [0.15, 0.2) is 36.7 Å². The van der Waals surface area contributed by atoms with Crippen molar-refractivity contribution in [3.63, 3.8) is 0 Å². The van der Waals surface area contributed by atoms with E-state index in [1.807, 2.05) is 18.3 Å². The zero-order valence-corrected chi connectivity index (χ0v) is 11.5. The molecule has 2 aromatic rings. The molecule has 0 spiro atoms. The van der Waals surface area contributed by atoms with Crippen LogP contribution >= 0.6 is 0 Å². The number of hydrogen-bond donors (Lipinski definition) is 2. The summed E-state index contributed by atoms with van der Waals surface area (Å²) in [5.74, 6) is 1.85. The average Bonchev–Trinajstić information content (AvgIpc) is 2.97. The zero-order valence-electron chi connectivity index (χ0n) is 11.5. The molecular formula is C15H21N3O. The lowest BCUT2D eigenvalue weighted by Crippen LogP contribution is -2.23. The third-order valence-corrected chi connectivity index (χ3v) is 2.89. The number of benzene rings is 1. The number of hydrogen-bond acceptors (Lipinski definition) is 3. The Morgan fingerprint density at radius 2 is 2.05 bits per heavy atom. The molecule has 2 N–H and O–H groups in total. The molecule has 0 fully saturated rings. The Hall–Kier alpha value is -1.81. The fraction of sp³-hybridized carbons (Fsp3) is 0.400. The summed E-state index contributed by atoms with van der Waals surface area (Å²) < 4.78 is 5.60. The molecule has 0 bridgehead atoms. The van der Waals surface area contributed by atoms with Gasteiger partial charge in [0.15, 0.2) is 0 Å². The van der Waals surface area contributed by atoms with Gasteiger partial charge in [-0.05, 0) is 30.7 Å². The van der Waals surface area contributed by atoms with Gasteiger partial charge in [0, 0.05) is 12.4 Å². The Kier molecular flexibility index (Phi) is 4.98. The molecule has 0 amide bonds. The first-order valence-electron chi connectivity index (χ1n) is 6.80. The lowest BCUT2D eigenvalue weighted by Gasteiger charge is -2.16. The summed E-state index contributed by atoms with van der Waals surface area (Å²) in [6.07, 6.45) is 4.64. The summed E-state index contributed by atoms with van der Waals surface area (Å²) in [4.78, 5) is 7.50. The Bertz CT molecular complexity index is 465. The molecule has 102 valence electrons. The van der Waals surface area contributed by atoms with Gasteiger partial charge in [-0.25, -0.2) is 4.98 Å². The highest BCUT2D eigenvalue weighted by Crippen LogP contribution is 2.21. The number of aromatic nitrogens is 2. The van der Waals surface area contributed by atoms with E-state index in [4.69, 9.17) is 4.74 Å². The van der Waals surface area contributed by atoms with Crippen LogP contribution in [0, 0.1) is 0 Å². The predicted molar refractivity (Wildman–Crippen MR) is 76.3 cm³/mol. The molecule has 0 saturated carbocycles. The first-order valence-corrected chi connectivity index (χ1v) is 6.80. The fourth-order valence-electron chi connectivity index (χ4n) is 1.99. The second kappa shape index (κ2) is 6.95. The molecule has 19 heavy (non-hydrogen) atoms. The van der Waals surface area contributed by atoms with Crippen molar-refractivity contribution in [3.8, 4) is 5.75 Å². The summed E-state index contributed by atoms with van der Waals surface area (Å²) in [5.41, 5.74) is 1.18. The maximum atomic E-state index is 5.60. The van der Waals surface area contributed by atoms with Crippen LogP contribution in [0.5, 0.6) is 5.75 Å². The smallest absolute Gasteiger partial charge is 0.127 e. The Morgan fingerprint density at radius 1 is 1.26 bits per heavy atom. The molecule has 0 aliphatic rings. The predicted octanol–water partition coefficient (Wildman–Crippen LogP) is 2.90. The van der Waals surface area contributed by atoms with E-state index in [1.54, 1.807) is 6.20 Å². The van der Waals surface area contributed by atoms with Crippen LogP contribution in [0.4, 0.5) is 0 Å². The Balaban J connectivity index is 2.13. The summed E-state index contributed by atoms with van der Waals surface area (Å²) in [7, 11) is 0. The standard InChI is InChI=1S/C15H21N3O/c1-3-11-19-13-7-5-12(6-8-13)14(16-4-2)15-17-9-10-18-15/h5-10,14,16H,3-4,11H2,1-2H3,(H,17,18). The van der Waals surface area contributed by atoms with Crippen LogP contribution in [0.1, 0.15) is 37.7 Å². The quantitative estimate of drug-likeness (QED) is 0.804. The number of ether oxygens (including phenoxy) is 1. The minimum atomic E-state index is 0.0974. The maximum Gasteiger partial charge on any atom is 0.127 e. The second-order valence-corrected chi connectivity index (χ2v) is 4.38. The molecule has 0 saturated heterocycles. The van der Waals surface area contributed by atoms with E-state index in [1.165, 1.54) is 5.56 Å². The number of H-pyrrole nitrogens is 1. The van der Waals surface area contributed by atoms with E-state index in [9.17, 15) is 0 Å². The van der Waals surface area contributed by atoms with E-state index in [-0.39, 0.29) is 6.04 Å². The van der Waals surface area contributed by atoms with Crippen LogP contribution in [0.25, 0.3) is 0 Å². The van der Waals surface area contributed by atoms with Crippen LogP contribution in [0.3, 0.4) is 0 Å². The fourth-order valence-corrected chi connectivity index (χ4v) is 1.99. The molecule has 1 unspecified atom stereocenters. The average molecular weight is 259 g/mol. The van der Waals surface area contributed by atoms with Gasteiger partial charge in [0.1, 0.15) is 11.6 Å². The first kappa shape index (κ1) is 13.6. The van der Waals surface area contributed by atoms with Crippen molar-refractivity contribution in [3.05, 3.63) is 48.0 Å². The van der Waals surface area contributed by atoms with Gasteiger partial charge in [0.2, 0.25) is 0 Å². The molecule has 1 atom stereocenters. The highest BCUT2D eigenvalue weighted by Gasteiger charge is 2.14. The van der Waals surface area contributed by atoms with Gasteiger partial charge in [-0.1, -0.05) is 26.0 Å². The van der Waals surface area contributed by atoms with Crippen LogP contribution < -0.4 is 10.1 Å². The van der Waals surface area contributed by atoms with Gasteiger partial charge < -0.3 is 15.0 Å². The van der Waals surface area contributed by atoms with Gasteiger partial charge in [-0.3, -0.25) is 0 Å². The van der Waals surface area contributed by atoms with E-state index in [2.05, 4.69) is 41.3 Å². The molecule has 4 nitrogen and oxygen atoms in total. The molecule has 2 rings (SSSR count). The zero-order chi connectivity index (χ0) is 13.5. The lowest BCUT2D eigenvalue weighted by molar-refractivity contribution is 0.317. The van der Waals surface area contributed by atoms with E-state index in [0.29, 0.717) is 0 Å². The molecule has 0 radical (unpaired) electrons. The molecule has 4 heteroatoms. The van der Waals surface area contributed by atoms with Gasteiger partial charge in [-0.15, -0.1) is 0 Å². The SMILES string of the molecule is CCCOc1ccc(C(NCC)c2ncc[nH]2)cc1. The lowest BCUT2D eigenvalue weighted by atomic mass is 10.1. The van der Waals surface area contributed by atoms with Crippen molar-refractivity contribution in [2.24, 2.45) is 0 Å². The Morgan fingerprint density at radius 3 is 2.63 bits per heavy atom. The minimum absolute atomic E-state index is 0.0974. The van der Waals surface area contributed by atoms with Gasteiger partial charge in [-0.2, -0.15) is 0 Å².